The summed E-state index contributed by atoms with van der Waals surface area (Å²) in [5, 5.41) is 0.733. The minimum Gasteiger partial charge on any atom is -0.378 e. The summed E-state index contributed by atoms with van der Waals surface area (Å²) in [5.74, 6) is 1.38. The van der Waals surface area contributed by atoms with Crippen LogP contribution in [0.1, 0.15) is 51.4 Å². The third-order valence-corrected chi connectivity index (χ3v) is 6.42. The summed E-state index contributed by atoms with van der Waals surface area (Å²) in [6.45, 7) is 2.21. The molecule has 0 aromatic heterocycles. The molecule has 3 nitrogen and oxygen atoms in total. The van der Waals surface area contributed by atoms with E-state index in [0.29, 0.717) is 18.1 Å². The van der Waals surface area contributed by atoms with Crippen molar-refractivity contribution < 1.29 is 14.3 Å². The number of hydrogen-bond acceptors (Lipinski definition) is 4. The van der Waals surface area contributed by atoms with Gasteiger partial charge in [-0.05, 0) is 25.7 Å². The molecule has 3 aliphatic rings. The molecule has 3 rings (SSSR count). The summed E-state index contributed by atoms with van der Waals surface area (Å²) in [6, 6.07) is 0. The Hall–Kier alpha value is -0.0600. The van der Waals surface area contributed by atoms with Gasteiger partial charge in [-0.3, -0.25) is 4.79 Å². The van der Waals surface area contributed by atoms with E-state index in [0.717, 1.165) is 37.7 Å². The van der Waals surface area contributed by atoms with Crippen molar-refractivity contribution in [3.63, 3.8) is 0 Å². The van der Waals surface area contributed by atoms with E-state index in [4.69, 9.17) is 9.47 Å². The number of thioether (sulfide) groups is 1. The number of ketones is 1. The molecule has 0 N–H and O–H groups in total. The maximum atomic E-state index is 12.5. The molecule has 1 saturated carbocycles. The first-order valence-electron chi connectivity index (χ1n) is 8.13. The van der Waals surface area contributed by atoms with Crippen LogP contribution in [0.4, 0.5) is 0 Å². The summed E-state index contributed by atoms with van der Waals surface area (Å²) < 4.78 is 11.4. The number of carbonyl (C=O) groups excluding carboxylic acids is 1. The second-order valence-electron chi connectivity index (χ2n) is 6.56. The smallest absolute Gasteiger partial charge is 0.146 e. The van der Waals surface area contributed by atoms with Crippen LogP contribution in [-0.2, 0) is 14.3 Å². The predicted molar refractivity (Wildman–Crippen MR) is 81.2 cm³/mol. The molecule has 1 aliphatic carbocycles. The van der Waals surface area contributed by atoms with E-state index in [1.165, 1.54) is 32.1 Å². The van der Waals surface area contributed by atoms with Crippen LogP contribution in [-0.4, -0.2) is 42.2 Å². The molecule has 2 aliphatic heterocycles. The second kappa shape index (κ2) is 6.80. The molecule has 114 valence electrons. The highest BCUT2D eigenvalue weighted by Crippen LogP contribution is 2.37. The lowest BCUT2D eigenvalue weighted by atomic mass is 9.83. The fourth-order valence-electron chi connectivity index (χ4n) is 3.72. The Kier molecular flexibility index (Phi) is 5.05. The lowest BCUT2D eigenvalue weighted by Gasteiger charge is -2.36. The van der Waals surface area contributed by atoms with E-state index in [-0.39, 0.29) is 11.5 Å². The third-order valence-electron chi connectivity index (χ3n) is 5.03. The Morgan fingerprint density at radius 1 is 1.15 bits per heavy atom. The highest BCUT2D eigenvalue weighted by Gasteiger charge is 2.42. The van der Waals surface area contributed by atoms with Gasteiger partial charge in [-0.25, -0.2) is 0 Å². The van der Waals surface area contributed by atoms with E-state index >= 15 is 0 Å². The lowest BCUT2D eigenvalue weighted by molar-refractivity contribution is -0.134. The maximum absolute atomic E-state index is 12.5. The molecular weight excluding hydrogens is 272 g/mol. The van der Waals surface area contributed by atoms with Crippen molar-refractivity contribution in [2.75, 3.05) is 25.6 Å². The third kappa shape index (κ3) is 3.58. The predicted octanol–water partition coefficient (Wildman–Crippen LogP) is 3.21. The van der Waals surface area contributed by atoms with Crippen LogP contribution in [0.15, 0.2) is 0 Å². The van der Waals surface area contributed by atoms with E-state index in [1.807, 2.05) is 11.8 Å². The molecule has 2 unspecified atom stereocenters. The van der Waals surface area contributed by atoms with Gasteiger partial charge in [-0.15, -0.1) is 0 Å². The van der Waals surface area contributed by atoms with Gasteiger partial charge >= 0.3 is 0 Å². The van der Waals surface area contributed by atoms with Gasteiger partial charge in [-0.2, -0.15) is 11.8 Å². The number of carbonyl (C=O) groups is 1. The first kappa shape index (κ1) is 14.9. The van der Waals surface area contributed by atoms with Crippen LogP contribution in [0.3, 0.4) is 0 Å². The molecule has 2 heterocycles. The standard InChI is InChI=1S/C16H26O3S/c17-15(11-20-14-4-2-1-3-5-14)13-6-8-19-16(10-13)7-9-18-12-16/h13-14H,1-12H2. The van der Waals surface area contributed by atoms with Gasteiger partial charge in [0.05, 0.1) is 18.0 Å². The zero-order chi connectivity index (χ0) is 13.8. The zero-order valence-electron chi connectivity index (χ0n) is 12.3. The average molecular weight is 298 g/mol. The van der Waals surface area contributed by atoms with Crippen LogP contribution >= 0.6 is 11.8 Å². The highest BCUT2D eigenvalue weighted by atomic mass is 32.2. The van der Waals surface area contributed by atoms with Crippen LogP contribution in [0.2, 0.25) is 0 Å². The molecule has 0 radical (unpaired) electrons. The van der Waals surface area contributed by atoms with Gasteiger partial charge in [0.25, 0.3) is 0 Å². The lowest BCUT2D eigenvalue weighted by Crippen LogP contribution is -2.42. The molecule has 0 aromatic carbocycles. The Morgan fingerprint density at radius 3 is 2.75 bits per heavy atom. The van der Waals surface area contributed by atoms with Gasteiger partial charge in [0.15, 0.2) is 0 Å². The number of ether oxygens (including phenoxy) is 2. The van der Waals surface area contributed by atoms with Crippen LogP contribution < -0.4 is 0 Å². The molecular formula is C16H26O3S. The molecule has 20 heavy (non-hydrogen) atoms. The monoisotopic (exact) mass is 298 g/mol. The van der Waals surface area contributed by atoms with E-state index in [2.05, 4.69) is 0 Å². The second-order valence-corrected chi connectivity index (χ2v) is 7.85. The first-order chi connectivity index (χ1) is 9.77. The van der Waals surface area contributed by atoms with Crippen molar-refractivity contribution in [1.29, 1.82) is 0 Å². The van der Waals surface area contributed by atoms with Crippen LogP contribution in [0.5, 0.6) is 0 Å². The largest absolute Gasteiger partial charge is 0.378 e. The van der Waals surface area contributed by atoms with Gasteiger partial charge < -0.3 is 9.47 Å². The van der Waals surface area contributed by atoms with Crippen molar-refractivity contribution >= 4 is 17.5 Å². The van der Waals surface area contributed by atoms with Crippen molar-refractivity contribution in [2.45, 2.75) is 62.2 Å². The quantitative estimate of drug-likeness (QED) is 0.798. The summed E-state index contributed by atoms with van der Waals surface area (Å²) in [6.07, 6.45) is 9.46. The summed E-state index contributed by atoms with van der Waals surface area (Å²) >= 11 is 1.91. The number of hydrogen-bond donors (Lipinski definition) is 0. The molecule has 1 spiro atoms. The Morgan fingerprint density at radius 2 is 2.00 bits per heavy atom. The molecule has 0 bridgehead atoms. The average Bonchev–Trinajstić information content (AvgIpc) is 2.93. The highest BCUT2D eigenvalue weighted by molar-refractivity contribution is 8.00. The minimum atomic E-state index is -0.131. The fraction of sp³-hybridized carbons (Fsp3) is 0.938. The summed E-state index contributed by atoms with van der Waals surface area (Å²) in [5.41, 5.74) is -0.131. The molecule has 2 atom stereocenters. The van der Waals surface area contributed by atoms with Gasteiger partial charge in [-0.1, -0.05) is 19.3 Å². The fourth-order valence-corrected chi connectivity index (χ4v) is 5.02. The van der Waals surface area contributed by atoms with E-state index < -0.39 is 0 Å². The van der Waals surface area contributed by atoms with E-state index in [1.54, 1.807) is 0 Å². The van der Waals surface area contributed by atoms with Gasteiger partial charge in [0, 0.05) is 30.8 Å². The Balaban J connectivity index is 1.46. The van der Waals surface area contributed by atoms with E-state index in [9.17, 15) is 4.79 Å². The van der Waals surface area contributed by atoms with Crippen LogP contribution in [0, 0.1) is 5.92 Å². The SMILES string of the molecule is O=C(CSC1CCCCC1)C1CCOC2(CCOC2)C1. The zero-order valence-corrected chi connectivity index (χ0v) is 13.1. The summed E-state index contributed by atoms with van der Waals surface area (Å²) in [4.78, 5) is 12.5. The van der Waals surface area contributed by atoms with Crippen LogP contribution in [0.25, 0.3) is 0 Å². The normalized spacial score (nSPS) is 35.5. The van der Waals surface area contributed by atoms with Gasteiger partial charge in [0.2, 0.25) is 0 Å². The summed E-state index contributed by atoms with van der Waals surface area (Å²) in [7, 11) is 0. The molecule has 4 heteroatoms. The molecule has 0 amide bonds. The molecule has 0 aromatic rings. The minimum absolute atomic E-state index is 0.131. The van der Waals surface area contributed by atoms with Crippen molar-refractivity contribution in [3.05, 3.63) is 0 Å². The maximum Gasteiger partial charge on any atom is 0.146 e. The van der Waals surface area contributed by atoms with Crippen molar-refractivity contribution in [2.24, 2.45) is 5.92 Å². The number of rotatable bonds is 4. The Bertz CT molecular complexity index is 333. The molecule has 3 fully saturated rings. The number of Topliss-reactive ketones (excluding diaryl/α,β-unsaturated/α-hetero) is 1. The van der Waals surface area contributed by atoms with Crippen molar-refractivity contribution in [1.82, 2.24) is 0 Å². The Labute approximate surface area is 126 Å². The molecule has 2 saturated heterocycles. The van der Waals surface area contributed by atoms with Gasteiger partial charge in [0.1, 0.15) is 5.78 Å². The first-order valence-corrected chi connectivity index (χ1v) is 9.18. The topological polar surface area (TPSA) is 35.5 Å². The van der Waals surface area contributed by atoms with Crippen molar-refractivity contribution in [3.8, 4) is 0 Å².